The first kappa shape index (κ1) is 45.6. The molecule has 6 rings (SSSR count). The highest BCUT2D eigenvalue weighted by Gasteiger charge is 2.37. The SMILES string of the molecule is COc1c(C)cc(COC(=O)C2CCN(C(=O)OCc3ccccc3)C2)cc1CO.COc1cc(COC(=O)C2CCCN2C(=O)OCc2ccccc2)cc(OC)c1OC. The van der Waals surface area contributed by atoms with Crippen LogP contribution in [0.2, 0.25) is 0 Å². The number of hydrogen-bond donors (Lipinski definition) is 1. The summed E-state index contributed by atoms with van der Waals surface area (Å²) in [5.74, 6) is 0.859. The fourth-order valence-corrected chi connectivity index (χ4v) is 7.12. The van der Waals surface area contributed by atoms with Crippen LogP contribution in [0, 0.1) is 12.8 Å². The average Bonchev–Trinajstić information content (AvgIpc) is 4.00. The second-order valence-corrected chi connectivity index (χ2v) is 14.4. The van der Waals surface area contributed by atoms with Crippen molar-refractivity contribution in [2.75, 3.05) is 48.1 Å². The largest absolute Gasteiger partial charge is 0.496 e. The number of rotatable bonds is 15. The Bertz CT molecular complexity index is 2050. The van der Waals surface area contributed by atoms with E-state index in [1.807, 2.05) is 73.7 Å². The minimum atomic E-state index is -0.662. The summed E-state index contributed by atoms with van der Waals surface area (Å²) in [5.41, 5.74) is 4.77. The Hall–Kier alpha value is -6.48. The zero-order valence-electron chi connectivity index (χ0n) is 35.3. The lowest BCUT2D eigenvalue weighted by atomic mass is 10.1. The maximum atomic E-state index is 12.7. The van der Waals surface area contributed by atoms with Gasteiger partial charge in [-0.1, -0.05) is 60.7 Å². The highest BCUT2D eigenvalue weighted by molar-refractivity contribution is 5.82. The fourth-order valence-electron chi connectivity index (χ4n) is 7.12. The zero-order valence-corrected chi connectivity index (χ0v) is 35.3. The molecule has 4 aromatic rings. The van der Waals surface area contributed by atoms with Crippen LogP contribution in [0.25, 0.3) is 0 Å². The molecule has 0 saturated carbocycles. The van der Waals surface area contributed by atoms with E-state index in [0.717, 1.165) is 22.3 Å². The molecule has 2 atom stereocenters. The summed E-state index contributed by atoms with van der Waals surface area (Å²) in [7, 11) is 6.11. The number of methoxy groups -OCH3 is 4. The van der Waals surface area contributed by atoms with E-state index >= 15 is 0 Å². The molecule has 2 fully saturated rings. The number of amides is 2. The molecule has 2 heterocycles. The van der Waals surface area contributed by atoms with Gasteiger partial charge in [0.15, 0.2) is 11.5 Å². The van der Waals surface area contributed by atoms with Crippen molar-refractivity contribution in [3.63, 3.8) is 0 Å². The van der Waals surface area contributed by atoms with E-state index in [1.165, 1.54) is 31.1 Å². The predicted molar refractivity (Wildman–Crippen MR) is 222 cm³/mol. The lowest BCUT2D eigenvalue weighted by Gasteiger charge is -2.23. The van der Waals surface area contributed by atoms with Crippen molar-refractivity contribution in [3.05, 3.63) is 118 Å². The van der Waals surface area contributed by atoms with Crippen LogP contribution in [0.5, 0.6) is 23.0 Å². The van der Waals surface area contributed by atoms with E-state index in [9.17, 15) is 24.3 Å². The third kappa shape index (κ3) is 12.5. The summed E-state index contributed by atoms with van der Waals surface area (Å²) < 4.78 is 42.9. The van der Waals surface area contributed by atoms with Crippen LogP contribution < -0.4 is 18.9 Å². The van der Waals surface area contributed by atoms with Gasteiger partial charge in [-0.05, 0) is 78.3 Å². The lowest BCUT2D eigenvalue weighted by molar-refractivity contribution is -0.150. The van der Waals surface area contributed by atoms with Crippen molar-refractivity contribution in [1.82, 2.24) is 9.80 Å². The summed E-state index contributed by atoms with van der Waals surface area (Å²) in [4.78, 5) is 52.8. The van der Waals surface area contributed by atoms with Crippen molar-refractivity contribution < 1.29 is 62.2 Å². The summed E-state index contributed by atoms with van der Waals surface area (Å²) in [6, 6.07) is 25.3. The molecule has 326 valence electrons. The maximum Gasteiger partial charge on any atom is 0.410 e. The Labute approximate surface area is 355 Å². The number of aliphatic hydroxyl groups excluding tert-OH is 1. The standard InChI is InChI=1S/C23H27NO7.C23H27NO6/c1-27-19-12-17(13-20(28-2)21(19)29-3)15-30-22(25)18-10-7-11-24(18)23(26)31-14-16-8-5-4-6-9-16;1-16-10-18(11-20(13-25)21(16)28-2)15-29-22(26)19-8-9-24(12-19)23(27)30-14-17-6-4-3-5-7-17/h4-6,8-9,12-13,18H,7,10-11,14-15H2,1-3H3;3-7,10-11,19,25H,8-9,12-15H2,1-2H3. The Kier molecular flexibility index (Phi) is 17.0. The summed E-state index contributed by atoms with van der Waals surface area (Å²) in [6.45, 7) is 3.40. The Morgan fingerprint density at radius 1 is 0.607 bits per heavy atom. The lowest BCUT2D eigenvalue weighted by Crippen LogP contribution is -2.41. The fraction of sp³-hybridized carbons (Fsp3) is 0.391. The number of benzene rings is 4. The first-order chi connectivity index (χ1) is 29.6. The number of carbonyl (C=O) groups excluding carboxylic acids is 4. The Morgan fingerprint density at radius 2 is 1.15 bits per heavy atom. The number of hydrogen-bond acceptors (Lipinski definition) is 13. The van der Waals surface area contributed by atoms with E-state index in [4.69, 9.17) is 37.9 Å². The van der Waals surface area contributed by atoms with Crippen molar-refractivity contribution in [1.29, 1.82) is 0 Å². The minimum Gasteiger partial charge on any atom is -0.496 e. The molecule has 15 heteroatoms. The molecule has 0 bridgehead atoms. The summed E-state index contributed by atoms with van der Waals surface area (Å²) >= 11 is 0. The van der Waals surface area contributed by atoms with Gasteiger partial charge in [-0.3, -0.25) is 9.69 Å². The van der Waals surface area contributed by atoms with E-state index in [-0.39, 0.29) is 51.5 Å². The van der Waals surface area contributed by atoms with Gasteiger partial charge in [0.25, 0.3) is 0 Å². The van der Waals surface area contributed by atoms with Crippen LogP contribution in [-0.4, -0.2) is 93.1 Å². The highest BCUT2D eigenvalue weighted by Crippen LogP contribution is 2.38. The van der Waals surface area contributed by atoms with Crippen LogP contribution in [-0.2, 0) is 61.6 Å². The molecule has 2 unspecified atom stereocenters. The van der Waals surface area contributed by atoms with E-state index < -0.39 is 24.2 Å². The van der Waals surface area contributed by atoms with E-state index in [0.29, 0.717) is 66.5 Å². The molecule has 2 saturated heterocycles. The Morgan fingerprint density at radius 3 is 1.70 bits per heavy atom. The second-order valence-electron chi connectivity index (χ2n) is 14.4. The molecular formula is C46H54N2O13. The molecule has 4 aromatic carbocycles. The van der Waals surface area contributed by atoms with Gasteiger partial charge in [0.1, 0.15) is 38.2 Å². The summed E-state index contributed by atoms with van der Waals surface area (Å²) in [5, 5.41) is 9.51. The van der Waals surface area contributed by atoms with Crippen LogP contribution in [0.4, 0.5) is 9.59 Å². The van der Waals surface area contributed by atoms with Gasteiger partial charge in [-0.2, -0.15) is 0 Å². The molecule has 2 amide bonds. The summed E-state index contributed by atoms with van der Waals surface area (Å²) in [6.07, 6.45) is 0.852. The van der Waals surface area contributed by atoms with Gasteiger partial charge < -0.3 is 47.9 Å². The smallest absolute Gasteiger partial charge is 0.410 e. The number of aryl methyl sites for hydroxylation is 1. The normalized spacial score (nSPS) is 15.5. The van der Waals surface area contributed by atoms with Crippen molar-refractivity contribution in [2.45, 2.75) is 65.3 Å². The van der Waals surface area contributed by atoms with Crippen LogP contribution in [0.15, 0.2) is 84.9 Å². The quantitative estimate of drug-likeness (QED) is 0.0986. The number of carbonyl (C=O) groups is 4. The number of esters is 2. The van der Waals surface area contributed by atoms with Gasteiger partial charge in [0.2, 0.25) is 5.75 Å². The van der Waals surface area contributed by atoms with Gasteiger partial charge in [-0.15, -0.1) is 0 Å². The van der Waals surface area contributed by atoms with Crippen LogP contribution in [0.1, 0.15) is 52.6 Å². The topological polar surface area (TPSA) is 169 Å². The van der Waals surface area contributed by atoms with Crippen molar-refractivity contribution in [3.8, 4) is 23.0 Å². The van der Waals surface area contributed by atoms with E-state index in [1.54, 1.807) is 25.3 Å². The van der Waals surface area contributed by atoms with Gasteiger partial charge in [0.05, 0.1) is 41.0 Å². The first-order valence-corrected chi connectivity index (χ1v) is 19.9. The minimum absolute atomic E-state index is 0.0128. The molecule has 2 aliphatic rings. The molecular weight excluding hydrogens is 789 g/mol. The second kappa shape index (κ2) is 22.8. The molecule has 15 nitrogen and oxygen atoms in total. The zero-order chi connectivity index (χ0) is 43.7. The number of ether oxygens (including phenoxy) is 8. The van der Waals surface area contributed by atoms with Gasteiger partial charge in [0, 0.05) is 25.2 Å². The molecule has 0 spiro atoms. The van der Waals surface area contributed by atoms with Gasteiger partial charge in [-0.25, -0.2) is 14.4 Å². The molecule has 2 aliphatic heterocycles. The van der Waals surface area contributed by atoms with Crippen LogP contribution >= 0.6 is 0 Å². The number of likely N-dealkylation sites (tertiary alicyclic amines) is 2. The molecule has 1 N–H and O–H groups in total. The molecule has 0 aromatic heterocycles. The highest BCUT2D eigenvalue weighted by atomic mass is 16.6. The molecule has 0 radical (unpaired) electrons. The average molecular weight is 843 g/mol. The van der Waals surface area contributed by atoms with Gasteiger partial charge >= 0.3 is 24.1 Å². The third-order valence-electron chi connectivity index (χ3n) is 10.2. The van der Waals surface area contributed by atoms with E-state index in [2.05, 4.69) is 0 Å². The van der Waals surface area contributed by atoms with Crippen molar-refractivity contribution >= 4 is 24.1 Å². The first-order valence-electron chi connectivity index (χ1n) is 19.9. The number of nitrogens with zero attached hydrogens (tertiary/aromatic N) is 2. The predicted octanol–water partition coefficient (Wildman–Crippen LogP) is 6.75. The monoisotopic (exact) mass is 842 g/mol. The Balaban J connectivity index is 0.000000231. The maximum absolute atomic E-state index is 12.7. The van der Waals surface area contributed by atoms with Crippen LogP contribution in [0.3, 0.4) is 0 Å². The molecule has 0 aliphatic carbocycles. The number of aliphatic hydroxyl groups is 1. The molecule has 61 heavy (non-hydrogen) atoms. The van der Waals surface area contributed by atoms with Crippen molar-refractivity contribution in [2.24, 2.45) is 5.92 Å². The third-order valence-corrected chi connectivity index (χ3v) is 10.2.